The maximum atomic E-state index is 6.39. The van der Waals surface area contributed by atoms with Crippen LogP contribution in [-0.4, -0.2) is 63.0 Å². The fourth-order valence-electron chi connectivity index (χ4n) is 7.78. The molecule has 2 aliphatic carbocycles. The average molecular weight is 1030 g/mol. The van der Waals surface area contributed by atoms with Crippen molar-refractivity contribution >= 4 is 88.4 Å². The summed E-state index contributed by atoms with van der Waals surface area (Å²) in [6.07, 6.45) is 8.75. The van der Waals surface area contributed by atoms with Gasteiger partial charge in [-0.1, -0.05) is 87.2 Å². The number of alkyl halides is 2. The third-order valence-corrected chi connectivity index (χ3v) is 14.1. The second-order valence-corrected chi connectivity index (χ2v) is 34.7. The Morgan fingerprint density at radius 3 is 1.02 bits per heavy atom. The van der Waals surface area contributed by atoms with Crippen molar-refractivity contribution in [1.82, 2.24) is 0 Å². The van der Waals surface area contributed by atoms with Crippen LogP contribution in [-0.2, 0) is 19.7 Å². The number of hydrogen-bond acceptors (Lipinski definition) is 4. The number of halogens is 4. The van der Waals surface area contributed by atoms with Crippen molar-refractivity contribution in [2.75, 3.05) is 13.2 Å². The fraction of sp³-hybridized carbons (Fsp3) is 0.947. The molecule has 0 heterocycles. The molecule has 49 heavy (non-hydrogen) atoms. The van der Waals surface area contributed by atoms with Gasteiger partial charge in [0, 0.05) is 22.9 Å². The molecule has 0 N–H and O–H groups in total. The fourth-order valence-corrected chi connectivity index (χ4v) is 11.0. The van der Waals surface area contributed by atoms with Crippen LogP contribution in [0.15, 0.2) is 9.98 Å². The Hall–Kier alpha value is 2.11. The monoisotopic (exact) mass is 1020 g/mol. The number of nitrogens with zero attached hydrogens (tertiary/aromatic N) is 2. The molecule has 0 amide bonds. The van der Waals surface area contributed by atoms with Crippen LogP contribution in [0.25, 0.3) is 0 Å². The number of rotatable bonds is 17. The van der Waals surface area contributed by atoms with Gasteiger partial charge in [-0.2, -0.15) is 0 Å². The van der Waals surface area contributed by atoms with Crippen molar-refractivity contribution in [2.24, 2.45) is 57.3 Å². The van der Waals surface area contributed by atoms with Crippen molar-refractivity contribution in [2.45, 2.75) is 168 Å². The molecule has 2 rings (SSSR count). The van der Waals surface area contributed by atoms with Crippen LogP contribution < -0.4 is 0 Å². The molecule has 0 aromatic carbocycles. The van der Waals surface area contributed by atoms with Gasteiger partial charge in [0.1, 0.15) is 0 Å². The molecule has 11 heteroatoms. The zero-order valence-corrected chi connectivity index (χ0v) is 42.9. The Balaban J connectivity index is 0.00000385. The molecule has 4 atom stereocenters. The summed E-state index contributed by atoms with van der Waals surface area (Å²) < 4.78 is 12.8. The molecule has 0 aromatic rings. The summed E-state index contributed by atoms with van der Waals surface area (Å²) in [5.74, 6) is 4.70. The second-order valence-electron chi connectivity index (χ2n) is 18.1. The van der Waals surface area contributed by atoms with Crippen molar-refractivity contribution in [1.29, 1.82) is 0 Å². The molecule has 0 spiro atoms. The average Bonchev–Trinajstić information content (AvgIpc) is 2.96. The Morgan fingerprint density at radius 1 is 0.571 bits per heavy atom. The molecular formula is C38H74Br4N2NiO2Si2. The van der Waals surface area contributed by atoms with Crippen LogP contribution in [0.3, 0.4) is 0 Å². The minimum absolute atomic E-state index is 0.338. The molecule has 0 radical (unpaired) electrons. The summed E-state index contributed by atoms with van der Waals surface area (Å²) in [4.78, 5) is 13.0. The van der Waals surface area contributed by atoms with Crippen molar-refractivity contribution in [3.8, 4) is 0 Å². The van der Waals surface area contributed by atoms with Gasteiger partial charge in [0.2, 0.25) is 0 Å². The van der Waals surface area contributed by atoms with E-state index >= 15 is 0 Å². The van der Waals surface area contributed by atoms with Crippen LogP contribution in [0, 0.1) is 47.3 Å². The SMILES string of the molecule is CC(C)C1CC(Br)CC(C(C)C)C1N=C(CCCO[Si](C)(C)C)C(CCCO[Si](C)(C)C)=NC1C(C(C)C)CC(Br)CC1C(C)C.[Br][Ni][Br]. The van der Waals surface area contributed by atoms with Gasteiger partial charge in [-0.3, -0.25) is 9.98 Å². The first-order chi connectivity index (χ1) is 22.6. The summed E-state index contributed by atoms with van der Waals surface area (Å²) in [5, 5.41) is 0. The van der Waals surface area contributed by atoms with Crippen molar-refractivity contribution in [3.63, 3.8) is 0 Å². The maximum absolute atomic E-state index is 6.39. The molecule has 294 valence electrons. The molecule has 2 saturated carbocycles. The Labute approximate surface area is 343 Å². The molecule has 0 bridgehead atoms. The quantitative estimate of drug-likeness (QED) is 0.0631. The summed E-state index contributed by atoms with van der Waals surface area (Å²) in [5.41, 5.74) is 2.57. The van der Waals surface area contributed by atoms with E-state index in [4.69, 9.17) is 18.8 Å². The van der Waals surface area contributed by atoms with Crippen molar-refractivity contribution in [3.05, 3.63) is 0 Å². The summed E-state index contributed by atoms with van der Waals surface area (Å²) >= 11 is 14.1. The summed E-state index contributed by atoms with van der Waals surface area (Å²) in [6.45, 7) is 34.7. The van der Waals surface area contributed by atoms with Gasteiger partial charge in [-0.05, 0) is 138 Å². The topological polar surface area (TPSA) is 43.2 Å². The van der Waals surface area contributed by atoms with E-state index in [1.807, 2.05) is 0 Å². The first-order valence-corrected chi connectivity index (χ1v) is 32.7. The van der Waals surface area contributed by atoms with E-state index in [0.29, 0.717) is 69.1 Å². The Kier molecular flexibility index (Phi) is 24.0. The van der Waals surface area contributed by atoms with Gasteiger partial charge < -0.3 is 8.85 Å². The van der Waals surface area contributed by atoms with Gasteiger partial charge in [-0.15, -0.1) is 0 Å². The Morgan fingerprint density at radius 2 is 0.816 bits per heavy atom. The first kappa shape index (κ1) is 49.1. The zero-order valence-electron chi connectivity index (χ0n) is 33.5. The van der Waals surface area contributed by atoms with Crippen molar-refractivity contribution < 1.29 is 19.7 Å². The third kappa shape index (κ3) is 19.0. The van der Waals surface area contributed by atoms with Crippen LogP contribution >= 0.6 is 60.3 Å². The molecule has 4 unspecified atom stereocenters. The minimum atomic E-state index is -1.58. The van der Waals surface area contributed by atoms with E-state index in [1.165, 1.54) is 48.0 Å². The Bertz CT molecular complexity index is 876. The van der Waals surface area contributed by atoms with E-state index in [2.05, 4.69) is 155 Å². The number of hydrogen-bond donors (Lipinski definition) is 0. The first-order valence-electron chi connectivity index (χ1n) is 19.1. The molecule has 0 aromatic heterocycles. The summed E-state index contributed by atoms with van der Waals surface area (Å²) in [6, 6.07) is 0.676. The zero-order chi connectivity index (χ0) is 37.7. The van der Waals surface area contributed by atoms with E-state index in [-0.39, 0.29) is 0 Å². The van der Waals surface area contributed by atoms with E-state index in [9.17, 15) is 0 Å². The van der Waals surface area contributed by atoms with E-state index in [0.717, 1.165) is 38.9 Å². The number of aliphatic imine (C=N–C) groups is 2. The van der Waals surface area contributed by atoms with Crippen LogP contribution in [0.2, 0.25) is 39.3 Å². The predicted octanol–water partition coefficient (Wildman–Crippen LogP) is 13.8. The van der Waals surface area contributed by atoms with Gasteiger partial charge in [-0.25, -0.2) is 0 Å². The van der Waals surface area contributed by atoms with Crippen LogP contribution in [0.1, 0.15) is 107 Å². The van der Waals surface area contributed by atoms with Crippen LogP contribution in [0.5, 0.6) is 0 Å². The second kappa shape index (κ2) is 23.9. The normalized spacial score (nSPS) is 29.3. The molecule has 2 aliphatic rings. The molecule has 0 saturated heterocycles. The third-order valence-electron chi connectivity index (χ3n) is 10.4. The van der Waals surface area contributed by atoms with Gasteiger partial charge >= 0.3 is 39.3 Å². The van der Waals surface area contributed by atoms with Crippen LogP contribution in [0.4, 0.5) is 0 Å². The molecule has 2 fully saturated rings. The van der Waals surface area contributed by atoms with Gasteiger partial charge in [0.05, 0.1) is 23.5 Å². The standard InChI is InChI=1S/C38H74Br2N2O2Si2.2BrH.Ni/c1-25(2)31-21-29(39)22-32(26(3)4)37(31)41-35(17-15-19-43-45(9,10)11)36(18-16-20-44-46(12,13)14)42-38-33(27(5)6)23-30(40)24-34(38)28(7)8;;;/h25-34,37-38H,15-24H2,1-14H3;2*1H;/q;;;+2/p-2. The van der Waals surface area contributed by atoms with E-state index < -0.39 is 16.6 Å². The molecule has 0 aliphatic heterocycles. The van der Waals surface area contributed by atoms with E-state index in [1.54, 1.807) is 0 Å². The summed E-state index contributed by atoms with van der Waals surface area (Å²) in [7, 11) is -1.91. The van der Waals surface area contributed by atoms with Gasteiger partial charge in [0.15, 0.2) is 16.6 Å². The van der Waals surface area contributed by atoms with Gasteiger partial charge in [0.25, 0.3) is 0 Å². The molecular weight excluding hydrogens is 951 g/mol. The predicted molar refractivity (Wildman–Crippen MR) is 235 cm³/mol. The molecule has 4 nitrogen and oxygen atoms in total.